The number of nitrogens with two attached hydrogens (primary N) is 1. The zero-order chi connectivity index (χ0) is 13.5. The highest BCUT2D eigenvalue weighted by Crippen LogP contribution is 2.29. The second-order valence-electron chi connectivity index (χ2n) is 5.80. The first kappa shape index (κ1) is 13.1. The molecule has 1 fully saturated rings. The highest BCUT2D eigenvalue weighted by atomic mass is 16.2. The van der Waals surface area contributed by atoms with Gasteiger partial charge in [0.1, 0.15) is 0 Å². The van der Waals surface area contributed by atoms with Crippen LogP contribution in [0.1, 0.15) is 41.8 Å². The lowest BCUT2D eigenvalue weighted by atomic mass is 9.96. The van der Waals surface area contributed by atoms with Crippen molar-refractivity contribution in [2.24, 2.45) is 5.73 Å². The number of likely N-dealkylation sites (tertiary alicyclic amines) is 1. The standard InChI is InChI=1S/C15H22N2O/c1-10-5-6-12(9-11(10)2)14(18)17-8-7-13(16)15(17,3)4/h5-6,9,13H,7-8,16H2,1-4H3. The Balaban J connectivity index is 2.29. The SMILES string of the molecule is Cc1ccc(C(=O)N2CCC(N)C2(C)C)cc1C. The van der Waals surface area contributed by atoms with Crippen LogP contribution in [-0.4, -0.2) is 28.9 Å². The molecule has 1 amide bonds. The molecule has 1 atom stereocenters. The molecule has 2 N–H and O–H groups in total. The van der Waals surface area contributed by atoms with E-state index in [4.69, 9.17) is 5.73 Å². The van der Waals surface area contributed by atoms with Gasteiger partial charge >= 0.3 is 0 Å². The first-order chi connectivity index (χ1) is 8.34. The summed E-state index contributed by atoms with van der Waals surface area (Å²) in [5.74, 6) is 0.0936. The summed E-state index contributed by atoms with van der Waals surface area (Å²) in [7, 11) is 0. The molecule has 1 unspecified atom stereocenters. The summed E-state index contributed by atoms with van der Waals surface area (Å²) in [6, 6.07) is 5.95. The van der Waals surface area contributed by atoms with Crippen molar-refractivity contribution >= 4 is 5.91 Å². The first-order valence-electron chi connectivity index (χ1n) is 6.49. The summed E-state index contributed by atoms with van der Waals surface area (Å²) >= 11 is 0. The molecule has 1 heterocycles. The van der Waals surface area contributed by atoms with Crippen LogP contribution in [0.3, 0.4) is 0 Å². The molecule has 0 radical (unpaired) electrons. The van der Waals surface area contributed by atoms with Crippen LogP contribution >= 0.6 is 0 Å². The number of benzene rings is 1. The van der Waals surface area contributed by atoms with Crippen LogP contribution in [0.15, 0.2) is 18.2 Å². The van der Waals surface area contributed by atoms with Crippen LogP contribution in [0.5, 0.6) is 0 Å². The lowest BCUT2D eigenvalue weighted by Gasteiger charge is -2.34. The Hall–Kier alpha value is -1.35. The second-order valence-corrected chi connectivity index (χ2v) is 5.80. The number of carbonyl (C=O) groups is 1. The third-order valence-electron chi connectivity index (χ3n) is 4.27. The Morgan fingerprint density at radius 1 is 1.33 bits per heavy atom. The van der Waals surface area contributed by atoms with Crippen molar-refractivity contribution in [3.63, 3.8) is 0 Å². The molecule has 1 aromatic rings. The summed E-state index contributed by atoms with van der Waals surface area (Å²) in [6.45, 7) is 8.93. The van der Waals surface area contributed by atoms with Gasteiger partial charge in [-0.3, -0.25) is 4.79 Å². The van der Waals surface area contributed by atoms with Crippen molar-refractivity contribution in [3.05, 3.63) is 34.9 Å². The minimum atomic E-state index is -0.254. The molecule has 0 saturated carbocycles. The van der Waals surface area contributed by atoms with E-state index in [0.717, 1.165) is 24.1 Å². The van der Waals surface area contributed by atoms with Gasteiger partial charge in [-0.05, 0) is 57.4 Å². The van der Waals surface area contributed by atoms with E-state index in [2.05, 4.69) is 6.92 Å². The predicted molar refractivity (Wildman–Crippen MR) is 73.6 cm³/mol. The normalized spacial score (nSPS) is 22.3. The quantitative estimate of drug-likeness (QED) is 0.826. The molecule has 0 aliphatic carbocycles. The van der Waals surface area contributed by atoms with Gasteiger partial charge in [0, 0.05) is 18.2 Å². The van der Waals surface area contributed by atoms with Gasteiger partial charge in [-0.1, -0.05) is 6.07 Å². The molecule has 0 aromatic heterocycles. The molecule has 0 spiro atoms. The van der Waals surface area contributed by atoms with Crippen LogP contribution in [0.2, 0.25) is 0 Å². The highest BCUT2D eigenvalue weighted by molar-refractivity contribution is 5.95. The summed E-state index contributed by atoms with van der Waals surface area (Å²) in [5, 5.41) is 0. The maximum Gasteiger partial charge on any atom is 0.254 e. The molecule has 1 aliphatic rings. The van der Waals surface area contributed by atoms with E-state index >= 15 is 0 Å². The lowest BCUT2D eigenvalue weighted by Crippen LogP contribution is -2.51. The molecule has 3 heteroatoms. The second kappa shape index (κ2) is 4.39. The van der Waals surface area contributed by atoms with Gasteiger partial charge < -0.3 is 10.6 Å². The fraction of sp³-hybridized carbons (Fsp3) is 0.533. The van der Waals surface area contributed by atoms with Gasteiger partial charge in [-0.2, -0.15) is 0 Å². The zero-order valence-corrected chi connectivity index (χ0v) is 11.7. The summed E-state index contributed by atoms with van der Waals surface area (Å²) in [5.41, 5.74) is 8.96. The minimum Gasteiger partial charge on any atom is -0.332 e. The van der Waals surface area contributed by atoms with Gasteiger partial charge in [0.15, 0.2) is 0 Å². The molecule has 1 saturated heterocycles. The average molecular weight is 246 g/mol. The van der Waals surface area contributed by atoms with Crippen molar-refractivity contribution in [2.75, 3.05) is 6.54 Å². The number of aryl methyl sites for hydroxylation is 2. The Labute approximate surface area is 109 Å². The topological polar surface area (TPSA) is 46.3 Å². The summed E-state index contributed by atoms with van der Waals surface area (Å²) in [4.78, 5) is 14.4. The number of rotatable bonds is 1. The number of amides is 1. The fourth-order valence-corrected chi connectivity index (χ4v) is 2.50. The van der Waals surface area contributed by atoms with Crippen molar-refractivity contribution < 1.29 is 4.79 Å². The maximum absolute atomic E-state index is 12.5. The van der Waals surface area contributed by atoms with Crippen molar-refractivity contribution in [3.8, 4) is 0 Å². The monoisotopic (exact) mass is 246 g/mol. The van der Waals surface area contributed by atoms with Crippen molar-refractivity contribution in [1.82, 2.24) is 4.90 Å². The van der Waals surface area contributed by atoms with E-state index in [0.29, 0.717) is 0 Å². The molecule has 0 bridgehead atoms. The van der Waals surface area contributed by atoms with Gasteiger partial charge in [0.2, 0.25) is 0 Å². The maximum atomic E-state index is 12.5. The number of hydrogen-bond donors (Lipinski definition) is 1. The molecule has 3 nitrogen and oxygen atoms in total. The van der Waals surface area contributed by atoms with E-state index in [1.807, 2.05) is 43.9 Å². The van der Waals surface area contributed by atoms with Crippen LogP contribution < -0.4 is 5.73 Å². The van der Waals surface area contributed by atoms with E-state index in [9.17, 15) is 4.79 Å². The van der Waals surface area contributed by atoms with Crippen LogP contribution in [-0.2, 0) is 0 Å². The smallest absolute Gasteiger partial charge is 0.254 e. The Kier molecular flexibility index (Phi) is 3.20. The van der Waals surface area contributed by atoms with Gasteiger partial charge in [0.05, 0.1) is 5.54 Å². The third kappa shape index (κ3) is 2.03. The minimum absolute atomic E-state index is 0.0630. The van der Waals surface area contributed by atoms with E-state index in [1.54, 1.807) is 0 Å². The molecule has 18 heavy (non-hydrogen) atoms. The van der Waals surface area contributed by atoms with Crippen LogP contribution in [0.25, 0.3) is 0 Å². The van der Waals surface area contributed by atoms with Crippen molar-refractivity contribution in [1.29, 1.82) is 0 Å². The largest absolute Gasteiger partial charge is 0.332 e. The molecule has 1 aromatic carbocycles. The number of carbonyl (C=O) groups excluding carboxylic acids is 1. The van der Waals surface area contributed by atoms with Crippen LogP contribution in [0.4, 0.5) is 0 Å². The number of nitrogens with zero attached hydrogens (tertiary/aromatic N) is 1. The molecule has 1 aliphatic heterocycles. The highest BCUT2D eigenvalue weighted by Gasteiger charge is 2.41. The Morgan fingerprint density at radius 2 is 2.00 bits per heavy atom. The lowest BCUT2D eigenvalue weighted by molar-refractivity contribution is 0.0637. The van der Waals surface area contributed by atoms with Gasteiger partial charge in [-0.25, -0.2) is 0 Å². The Morgan fingerprint density at radius 3 is 2.50 bits per heavy atom. The number of hydrogen-bond acceptors (Lipinski definition) is 2. The fourth-order valence-electron chi connectivity index (χ4n) is 2.50. The summed E-state index contributed by atoms with van der Waals surface area (Å²) < 4.78 is 0. The van der Waals surface area contributed by atoms with E-state index < -0.39 is 0 Å². The van der Waals surface area contributed by atoms with E-state index in [-0.39, 0.29) is 17.5 Å². The summed E-state index contributed by atoms with van der Waals surface area (Å²) in [6.07, 6.45) is 0.879. The Bertz CT molecular complexity index is 479. The molecular formula is C15H22N2O. The molecule has 2 rings (SSSR count). The van der Waals surface area contributed by atoms with E-state index in [1.165, 1.54) is 5.56 Å². The van der Waals surface area contributed by atoms with Gasteiger partial charge in [-0.15, -0.1) is 0 Å². The molecular weight excluding hydrogens is 224 g/mol. The van der Waals surface area contributed by atoms with Crippen LogP contribution in [0, 0.1) is 13.8 Å². The van der Waals surface area contributed by atoms with Crippen molar-refractivity contribution in [2.45, 2.75) is 45.7 Å². The zero-order valence-electron chi connectivity index (χ0n) is 11.7. The van der Waals surface area contributed by atoms with Gasteiger partial charge in [0.25, 0.3) is 5.91 Å². The average Bonchev–Trinajstić information content (AvgIpc) is 2.57. The predicted octanol–water partition coefficient (Wildman–Crippen LogP) is 2.26. The first-order valence-corrected chi connectivity index (χ1v) is 6.49. The third-order valence-corrected chi connectivity index (χ3v) is 4.27. The molecule has 98 valence electrons.